The molecule has 0 saturated heterocycles. The normalized spacial score (nSPS) is 17.2. The maximum atomic E-state index is 13.2. The number of para-hydroxylation sites is 1. The molecule has 1 amide bonds. The second-order valence-corrected chi connectivity index (χ2v) is 6.59. The standard InChI is InChI=1S/C21H25NO2/c1-16(18-12-6-7-13-19(18)24-2)22-20(23)21(14-8-9-15-21)17-10-4-3-5-11-17/h3-7,10-13,16H,8-9,14-15H2,1-2H3,(H,22,23)/t16-/m0/s1. The van der Waals surface area contributed by atoms with Crippen LogP contribution in [0, 0.1) is 0 Å². The number of carbonyl (C=O) groups is 1. The molecule has 0 unspecified atom stereocenters. The molecule has 2 aromatic carbocycles. The maximum absolute atomic E-state index is 13.2. The molecule has 126 valence electrons. The lowest BCUT2D eigenvalue weighted by Crippen LogP contribution is -2.43. The molecule has 0 aliphatic heterocycles. The van der Waals surface area contributed by atoms with E-state index < -0.39 is 5.41 Å². The Morgan fingerprint density at radius 2 is 1.67 bits per heavy atom. The van der Waals surface area contributed by atoms with Crippen molar-refractivity contribution in [3.05, 3.63) is 65.7 Å². The number of amides is 1. The maximum Gasteiger partial charge on any atom is 0.231 e. The molecule has 0 radical (unpaired) electrons. The number of methoxy groups -OCH3 is 1. The molecule has 1 fully saturated rings. The first-order valence-electron chi connectivity index (χ1n) is 8.67. The first-order valence-corrected chi connectivity index (χ1v) is 8.67. The Balaban J connectivity index is 1.84. The largest absolute Gasteiger partial charge is 0.496 e. The van der Waals surface area contributed by atoms with Crippen LogP contribution in [0.25, 0.3) is 0 Å². The fraction of sp³-hybridized carbons (Fsp3) is 0.381. The first kappa shape index (κ1) is 16.6. The third kappa shape index (κ3) is 3.03. The van der Waals surface area contributed by atoms with Crippen molar-refractivity contribution in [3.63, 3.8) is 0 Å². The van der Waals surface area contributed by atoms with Gasteiger partial charge in [-0.2, -0.15) is 0 Å². The van der Waals surface area contributed by atoms with Gasteiger partial charge < -0.3 is 10.1 Å². The highest BCUT2D eigenvalue weighted by Crippen LogP contribution is 2.42. The summed E-state index contributed by atoms with van der Waals surface area (Å²) in [6, 6.07) is 18.0. The molecule has 1 atom stereocenters. The van der Waals surface area contributed by atoms with Crippen LogP contribution in [0.15, 0.2) is 54.6 Å². The Morgan fingerprint density at radius 1 is 1.04 bits per heavy atom. The SMILES string of the molecule is COc1ccccc1[C@H](C)NC(=O)C1(c2ccccc2)CCCC1. The highest BCUT2D eigenvalue weighted by Gasteiger charge is 2.43. The van der Waals surface area contributed by atoms with Gasteiger partial charge in [-0.3, -0.25) is 4.79 Å². The van der Waals surface area contributed by atoms with E-state index in [9.17, 15) is 4.79 Å². The molecular formula is C21H25NO2. The van der Waals surface area contributed by atoms with Crippen LogP contribution in [0.4, 0.5) is 0 Å². The lowest BCUT2D eigenvalue weighted by Gasteiger charge is -2.30. The smallest absolute Gasteiger partial charge is 0.231 e. The Hall–Kier alpha value is -2.29. The predicted molar refractivity (Wildman–Crippen MR) is 96.1 cm³/mol. The number of carbonyl (C=O) groups excluding carboxylic acids is 1. The van der Waals surface area contributed by atoms with Gasteiger partial charge in [-0.1, -0.05) is 61.4 Å². The van der Waals surface area contributed by atoms with Crippen LogP contribution < -0.4 is 10.1 Å². The van der Waals surface area contributed by atoms with Gasteiger partial charge in [0.05, 0.1) is 18.6 Å². The van der Waals surface area contributed by atoms with E-state index in [0.717, 1.165) is 42.6 Å². The number of ether oxygens (including phenoxy) is 1. The van der Waals surface area contributed by atoms with Gasteiger partial charge in [-0.05, 0) is 31.4 Å². The Labute approximate surface area is 144 Å². The summed E-state index contributed by atoms with van der Waals surface area (Å²) in [5.41, 5.74) is 1.75. The van der Waals surface area contributed by atoms with Crippen molar-refractivity contribution in [2.24, 2.45) is 0 Å². The van der Waals surface area contributed by atoms with Crippen molar-refractivity contribution in [3.8, 4) is 5.75 Å². The topological polar surface area (TPSA) is 38.3 Å². The van der Waals surface area contributed by atoms with Crippen molar-refractivity contribution in [2.75, 3.05) is 7.11 Å². The summed E-state index contributed by atoms with van der Waals surface area (Å²) >= 11 is 0. The molecule has 3 nitrogen and oxygen atoms in total. The molecule has 24 heavy (non-hydrogen) atoms. The summed E-state index contributed by atoms with van der Waals surface area (Å²) in [4.78, 5) is 13.2. The number of nitrogens with one attached hydrogen (secondary N) is 1. The van der Waals surface area contributed by atoms with Crippen molar-refractivity contribution in [1.29, 1.82) is 0 Å². The molecule has 3 heteroatoms. The van der Waals surface area contributed by atoms with E-state index in [-0.39, 0.29) is 11.9 Å². The fourth-order valence-electron chi connectivity index (χ4n) is 3.82. The Bertz CT molecular complexity index is 690. The minimum absolute atomic E-state index is 0.0881. The lowest BCUT2D eigenvalue weighted by atomic mass is 9.77. The van der Waals surface area contributed by atoms with Gasteiger partial charge in [0, 0.05) is 5.56 Å². The molecule has 1 aliphatic rings. The third-order valence-corrected chi connectivity index (χ3v) is 5.17. The zero-order chi connectivity index (χ0) is 17.0. The van der Waals surface area contributed by atoms with Crippen molar-refractivity contribution in [2.45, 2.75) is 44.1 Å². The van der Waals surface area contributed by atoms with Gasteiger partial charge in [0.15, 0.2) is 0 Å². The molecule has 1 N–H and O–H groups in total. The van der Waals surface area contributed by atoms with E-state index >= 15 is 0 Å². The highest BCUT2D eigenvalue weighted by atomic mass is 16.5. The van der Waals surface area contributed by atoms with Gasteiger partial charge in [0.25, 0.3) is 0 Å². The molecular weight excluding hydrogens is 298 g/mol. The zero-order valence-electron chi connectivity index (χ0n) is 14.4. The molecule has 3 rings (SSSR count). The minimum Gasteiger partial charge on any atom is -0.496 e. The molecule has 0 spiro atoms. The first-order chi connectivity index (χ1) is 11.7. The van der Waals surface area contributed by atoms with Gasteiger partial charge >= 0.3 is 0 Å². The van der Waals surface area contributed by atoms with E-state index in [2.05, 4.69) is 17.4 Å². The average molecular weight is 323 g/mol. The monoisotopic (exact) mass is 323 g/mol. The van der Waals surface area contributed by atoms with Crippen LogP contribution in [0.3, 0.4) is 0 Å². The second-order valence-electron chi connectivity index (χ2n) is 6.59. The van der Waals surface area contributed by atoms with E-state index in [1.807, 2.05) is 49.4 Å². The summed E-state index contributed by atoms with van der Waals surface area (Å²) in [7, 11) is 1.66. The van der Waals surface area contributed by atoms with Gasteiger partial charge in [0.2, 0.25) is 5.91 Å². The molecule has 2 aromatic rings. The van der Waals surface area contributed by atoms with Crippen LogP contribution in [0.1, 0.15) is 49.8 Å². The molecule has 1 saturated carbocycles. The van der Waals surface area contributed by atoms with E-state index in [1.165, 1.54) is 0 Å². The quantitative estimate of drug-likeness (QED) is 0.886. The van der Waals surface area contributed by atoms with Crippen LogP contribution in [-0.4, -0.2) is 13.0 Å². The van der Waals surface area contributed by atoms with Gasteiger partial charge in [-0.15, -0.1) is 0 Å². The summed E-state index contributed by atoms with van der Waals surface area (Å²) in [5, 5.41) is 3.23. The van der Waals surface area contributed by atoms with Crippen molar-refractivity contribution < 1.29 is 9.53 Å². The number of benzene rings is 2. The van der Waals surface area contributed by atoms with Crippen LogP contribution >= 0.6 is 0 Å². The van der Waals surface area contributed by atoms with Crippen molar-refractivity contribution >= 4 is 5.91 Å². The molecule has 0 heterocycles. The molecule has 1 aliphatic carbocycles. The minimum atomic E-state index is -0.391. The van der Waals surface area contributed by atoms with E-state index in [4.69, 9.17) is 4.74 Å². The summed E-state index contributed by atoms with van der Waals surface area (Å²) < 4.78 is 5.43. The number of rotatable bonds is 5. The Kier molecular flexibility index (Phi) is 4.89. The van der Waals surface area contributed by atoms with Gasteiger partial charge in [0.1, 0.15) is 5.75 Å². The van der Waals surface area contributed by atoms with Crippen LogP contribution in [0.2, 0.25) is 0 Å². The average Bonchev–Trinajstić information content (AvgIpc) is 3.13. The lowest BCUT2D eigenvalue weighted by molar-refractivity contribution is -0.127. The zero-order valence-corrected chi connectivity index (χ0v) is 14.4. The van der Waals surface area contributed by atoms with Crippen molar-refractivity contribution in [1.82, 2.24) is 5.32 Å². The Morgan fingerprint density at radius 3 is 2.33 bits per heavy atom. The summed E-state index contributed by atoms with van der Waals surface area (Å²) in [6.07, 6.45) is 4.04. The second kappa shape index (κ2) is 7.08. The fourth-order valence-corrected chi connectivity index (χ4v) is 3.82. The highest BCUT2D eigenvalue weighted by molar-refractivity contribution is 5.89. The molecule has 0 bridgehead atoms. The number of hydrogen-bond acceptors (Lipinski definition) is 2. The summed E-state index contributed by atoms with van der Waals surface area (Å²) in [5.74, 6) is 0.940. The van der Waals surface area contributed by atoms with E-state index in [1.54, 1.807) is 7.11 Å². The van der Waals surface area contributed by atoms with E-state index in [0.29, 0.717) is 0 Å². The molecule has 0 aromatic heterocycles. The number of hydrogen-bond donors (Lipinski definition) is 1. The third-order valence-electron chi connectivity index (χ3n) is 5.17. The van der Waals surface area contributed by atoms with Gasteiger partial charge in [-0.25, -0.2) is 0 Å². The summed E-state index contributed by atoms with van der Waals surface area (Å²) in [6.45, 7) is 2.02. The van der Waals surface area contributed by atoms with Crippen LogP contribution in [-0.2, 0) is 10.2 Å². The van der Waals surface area contributed by atoms with Crippen LogP contribution in [0.5, 0.6) is 5.75 Å². The predicted octanol–water partition coefficient (Wildman–Crippen LogP) is 4.38.